The number of nitro benzene ring substituents is 1. The van der Waals surface area contributed by atoms with Crippen LogP contribution in [0.5, 0.6) is 0 Å². The molecule has 0 aromatic heterocycles. The van der Waals surface area contributed by atoms with Crippen molar-refractivity contribution < 1.29 is 31.3 Å². The zero-order chi connectivity index (χ0) is 36.1. The van der Waals surface area contributed by atoms with E-state index in [1.807, 2.05) is 36.4 Å². The van der Waals surface area contributed by atoms with Gasteiger partial charge in [-0.1, -0.05) is 59.4 Å². The van der Waals surface area contributed by atoms with Crippen LogP contribution in [0.2, 0.25) is 5.02 Å². The highest BCUT2D eigenvalue weighted by molar-refractivity contribution is 8.00. The molecule has 0 atom stereocenters. The van der Waals surface area contributed by atoms with Gasteiger partial charge in [-0.2, -0.15) is 26.3 Å². The van der Waals surface area contributed by atoms with Crippen molar-refractivity contribution in [3.63, 3.8) is 0 Å². The second-order valence-electron chi connectivity index (χ2n) is 10.4. The molecule has 0 spiro atoms. The molecule has 7 nitrogen and oxygen atoms in total. The van der Waals surface area contributed by atoms with Crippen LogP contribution in [0.3, 0.4) is 0 Å². The SMILES string of the molecule is Nc1cc(Cc2cc(N)cc(C(F)(F)F)c2)cc(C(F)(F)F)c1.Nc1ccccc1Sc1cc(Sc2ccccc2N)c([N+](=O)[O-])cc1Cl. The molecule has 0 bridgehead atoms. The standard InChI is InChI=1S/C18H14ClN3O2S2.C15H12F6N2/c19-11-9-14(22(23)24)18(26-16-8-4-2-6-13(16)21)10-17(11)25-15-7-3-1-5-12(15)20;16-14(17,18)10-2-8(4-12(22)6-10)1-9-3-11(15(19,20)21)7-13(23)5-9/h1-10H,20-21H2;2-7H,1,22-23H2. The number of nitro groups is 1. The molecule has 0 aliphatic heterocycles. The van der Waals surface area contributed by atoms with Gasteiger partial charge in [-0.05, 0) is 84.3 Å². The Morgan fingerprint density at radius 2 is 1.04 bits per heavy atom. The molecular weight excluding hydrogens is 712 g/mol. The highest BCUT2D eigenvalue weighted by atomic mass is 35.5. The average molecular weight is 738 g/mol. The number of para-hydroxylation sites is 2. The Kier molecular flexibility index (Phi) is 11.5. The predicted octanol–water partition coefficient (Wildman–Crippen LogP) is 10.2. The van der Waals surface area contributed by atoms with Gasteiger partial charge < -0.3 is 22.9 Å². The minimum Gasteiger partial charge on any atom is -0.399 e. The van der Waals surface area contributed by atoms with Crippen LogP contribution < -0.4 is 22.9 Å². The fourth-order valence-electron chi connectivity index (χ4n) is 4.41. The van der Waals surface area contributed by atoms with Gasteiger partial charge in [0.2, 0.25) is 0 Å². The van der Waals surface area contributed by atoms with E-state index in [4.69, 9.17) is 34.5 Å². The summed E-state index contributed by atoms with van der Waals surface area (Å²) in [6, 6.07) is 23.5. The zero-order valence-electron chi connectivity index (χ0n) is 25.0. The zero-order valence-corrected chi connectivity index (χ0v) is 27.4. The van der Waals surface area contributed by atoms with Crippen molar-refractivity contribution in [3.05, 3.63) is 134 Å². The predicted molar refractivity (Wildman–Crippen MR) is 183 cm³/mol. The number of hydrogen-bond acceptors (Lipinski definition) is 8. The van der Waals surface area contributed by atoms with Crippen molar-refractivity contribution in [2.75, 3.05) is 22.9 Å². The molecule has 49 heavy (non-hydrogen) atoms. The van der Waals surface area contributed by atoms with E-state index in [-0.39, 0.29) is 34.6 Å². The maximum atomic E-state index is 12.7. The van der Waals surface area contributed by atoms with Crippen LogP contribution in [-0.4, -0.2) is 4.92 Å². The molecule has 0 heterocycles. The summed E-state index contributed by atoms with van der Waals surface area (Å²) < 4.78 is 76.5. The highest BCUT2D eigenvalue weighted by Crippen LogP contribution is 2.45. The van der Waals surface area contributed by atoms with Gasteiger partial charge in [0.25, 0.3) is 5.69 Å². The van der Waals surface area contributed by atoms with Gasteiger partial charge in [0.1, 0.15) is 0 Å². The van der Waals surface area contributed by atoms with Gasteiger partial charge in [0.15, 0.2) is 0 Å². The third-order valence-electron chi connectivity index (χ3n) is 6.58. The molecule has 0 aliphatic rings. The molecule has 0 unspecified atom stereocenters. The Labute approximate surface area is 289 Å². The molecule has 5 aromatic carbocycles. The fraction of sp³-hybridized carbons (Fsp3) is 0.0909. The molecule has 16 heteroatoms. The first kappa shape index (κ1) is 37.1. The van der Waals surface area contributed by atoms with Crippen molar-refractivity contribution in [2.45, 2.75) is 38.4 Å². The van der Waals surface area contributed by atoms with Crippen LogP contribution in [0, 0.1) is 10.1 Å². The molecule has 0 radical (unpaired) electrons. The molecular formula is C33H26ClF6N5O2S2. The number of rotatable bonds is 7. The van der Waals surface area contributed by atoms with E-state index in [1.165, 1.54) is 41.7 Å². The topological polar surface area (TPSA) is 147 Å². The smallest absolute Gasteiger partial charge is 0.399 e. The first-order valence-corrected chi connectivity index (χ1v) is 15.9. The number of benzene rings is 5. The number of nitrogens with zero attached hydrogens (tertiary/aromatic N) is 1. The molecule has 5 rings (SSSR count). The average Bonchev–Trinajstić information content (AvgIpc) is 2.99. The highest BCUT2D eigenvalue weighted by Gasteiger charge is 2.32. The number of alkyl halides is 6. The lowest BCUT2D eigenvalue weighted by molar-refractivity contribution is -0.387. The molecule has 8 N–H and O–H groups in total. The van der Waals surface area contributed by atoms with Crippen molar-refractivity contribution in [1.29, 1.82) is 0 Å². The number of halogens is 7. The molecule has 256 valence electrons. The largest absolute Gasteiger partial charge is 0.416 e. The Bertz CT molecular complexity index is 1930. The van der Waals surface area contributed by atoms with Crippen LogP contribution in [-0.2, 0) is 18.8 Å². The summed E-state index contributed by atoms with van der Waals surface area (Å²) in [6.45, 7) is 0. The Morgan fingerprint density at radius 3 is 1.45 bits per heavy atom. The Hall–Kier alpha value is -4.73. The third-order valence-corrected chi connectivity index (χ3v) is 9.29. The number of nitrogens with two attached hydrogens (primary N) is 4. The Balaban J connectivity index is 0.000000223. The second-order valence-corrected chi connectivity index (χ2v) is 13.0. The third kappa shape index (κ3) is 10.1. The van der Waals surface area contributed by atoms with Crippen molar-refractivity contribution in [2.24, 2.45) is 0 Å². The van der Waals surface area contributed by atoms with E-state index in [0.717, 1.165) is 34.1 Å². The second kappa shape index (κ2) is 15.2. The minimum absolute atomic E-state index is 0.0614. The summed E-state index contributed by atoms with van der Waals surface area (Å²) in [5.74, 6) is 0. The fourth-order valence-corrected chi connectivity index (χ4v) is 6.65. The molecule has 0 saturated heterocycles. The van der Waals surface area contributed by atoms with Crippen LogP contribution in [0.4, 0.5) is 54.8 Å². The van der Waals surface area contributed by atoms with Crippen LogP contribution in [0.25, 0.3) is 0 Å². The summed E-state index contributed by atoms with van der Waals surface area (Å²) in [4.78, 5) is 13.7. The number of nitrogen functional groups attached to an aromatic ring is 4. The summed E-state index contributed by atoms with van der Waals surface area (Å²) in [5, 5.41) is 11.7. The molecule has 0 saturated carbocycles. The van der Waals surface area contributed by atoms with Gasteiger partial charge in [0.05, 0.1) is 26.0 Å². The maximum Gasteiger partial charge on any atom is 0.416 e. The summed E-state index contributed by atoms with van der Waals surface area (Å²) in [5.41, 5.74) is 22.1. The molecule has 0 fully saturated rings. The summed E-state index contributed by atoms with van der Waals surface area (Å²) in [6.07, 6.45) is -9.32. The normalized spacial score (nSPS) is 11.5. The van der Waals surface area contributed by atoms with Crippen molar-refractivity contribution >= 4 is 63.6 Å². The minimum atomic E-state index is -4.59. The molecule has 0 aliphatic carbocycles. The van der Waals surface area contributed by atoms with Crippen LogP contribution in [0.1, 0.15) is 22.3 Å². The van der Waals surface area contributed by atoms with Gasteiger partial charge in [-0.15, -0.1) is 0 Å². The van der Waals surface area contributed by atoms with Crippen LogP contribution in [0.15, 0.2) is 117 Å². The Morgan fingerprint density at radius 1 is 0.612 bits per heavy atom. The lowest BCUT2D eigenvalue weighted by Gasteiger charge is -2.13. The van der Waals surface area contributed by atoms with Crippen molar-refractivity contribution in [1.82, 2.24) is 0 Å². The number of anilines is 4. The number of hydrogen-bond donors (Lipinski definition) is 4. The maximum absolute atomic E-state index is 12.7. The van der Waals surface area contributed by atoms with E-state index in [9.17, 15) is 36.5 Å². The van der Waals surface area contributed by atoms with Gasteiger partial charge in [-0.3, -0.25) is 10.1 Å². The quantitative estimate of drug-likeness (QED) is 0.0558. The first-order chi connectivity index (χ1) is 22.9. The van der Waals surface area contributed by atoms with Crippen LogP contribution >= 0.6 is 35.1 Å². The molecule has 5 aromatic rings. The van der Waals surface area contributed by atoms with Gasteiger partial charge >= 0.3 is 12.4 Å². The summed E-state index contributed by atoms with van der Waals surface area (Å²) in [7, 11) is 0. The van der Waals surface area contributed by atoms with E-state index in [1.54, 1.807) is 18.2 Å². The van der Waals surface area contributed by atoms with Gasteiger partial charge in [-0.25, -0.2) is 0 Å². The van der Waals surface area contributed by atoms with Crippen molar-refractivity contribution in [3.8, 4) is 0 Å². The van der Waals surface area contributed by atoms with E-state index in [2.05, 4.69) is 0 Å². The van der Waals surface area contributed by atoms with E-state index in [0.29, 0.717) is 26.2 Å². The van der Waals surface area contributed by atoms with E-state index < -0.39 is 28.4 Å². The molecule has 0 amide bonds. The first-order valence-electron chi connectivity index (χ1n) is 13.9. The monoisotopic (exact) mass is 737 g/mol. The summed E-state index contributed by atoms with van der Waals surface area (Å²) >= 11 is 8.88. The van der Waals surface area contributed by atoms with Gasteiger partial charge in [0, 0.05) is 43.5 Å². The lowest BCUT2D eigenvalue weighted by atomic mass is 9.99. The lowest BCUT2D eigenvalue weighted by Crippen LogP contribution is -2.08. The van der Waals surface area contributed by atoms with E-state index >= 15 is 0 Å².